The number of aryl methyl sites for hydroxylation is 1. The quantitative estimate of drug-likeness (QED) is 0.695. The molecule has 0 aliphatic rings. The van der Waals surface area contributed by atoms with E-state index in [1.54, 1.807) is 6.26 Å². The Morgan fingerprint density at radius 3 is 3.00 bits per heavy atom. The summed E-state index contributed by atoms with van der Waals surface area (Å²) in [6.07, 6.45) is 2.68. The van der Waals surface area contributed by atoms with Crippen molar-refractivity contribution in [2.45, 2.75) is 25.9 Å². The van der Waals surface area contributed by atoms with Crippen molar-refractivity contribution >= 4 is 0 Å². The van der Waals surface area contributed by atoms with E-state index in [1.807, 2.05) is 19.1 Å². The molecule has 0 amide bonds. The molecule has 1 heterocycles. The van der Waals surface area contributed by atoms with E-state index in [2.05, 4.69) is 6.58 Å². The lowest BCUT2D eigenvalue weighted by Crippen LogP contribution is -2.07. The van der Waals surface area contributed by atoms with Crippen molar-refractivity contribution in [3.8, 4) is 0 Å². The molecule has 0 aromatic carbocycles. The van der Waals surface area contributed by atoms with E-state index in [0.29, 0.717) is 6.42 Å². The van der Waals surface area contributed by atoms with E-state index < -0.39 is 6.10 Å². The maximum absolute atomic E-state index is 9.38. The normalized spacial score (nSPS) is 12.8. The molecule has 2 nitrogen and oxygen atoms in total. The summed E-state index contributed by atoms with van der Waals surface area (Å²) in [4.78, 5) is 0. The fraction of sp³-hybridized carbons (Fsp3) is 0.400. The molecule has 12 heavy (non-hydrogen) atoms. The van der Waals surface area contributed by atoms with Crippen LogP contribution in [0.1, 0.15) is 19.1 Å². The van der Waals surface area contributed by atoms with Crippen molar-refractivity contribution in [2.24, 2.45) is 0 Å². The Labute approximate surface area is 72.5 Å². The average Bonchev–Trinajstić information content (AvgIpc) is 2.51. The first-order valence-electron chi connectivity index (χ1n) is 4.06. The summed E-state index contributed by atoms with van der Waals surface area (Å²) in [6.45, 7) is 5.50. The molecule has 0 saturated carbocycles. The van der Waals surface area contributed by atoms with Crippen LogP contribution in [0.2, 0.25) is 0 Å². The molecule has 2 heteroatoms. The van der Waals surface area contributed by atoms with Crippen molar-refractivity contribution < 1.29 is 9.52 Å². The predicted molar refractivity (Wildman–Crippen MR) is 47.8 cm³/mol. The Hall–Kier alpha value is -1.02. The van der Waals surface area contributed by atoms with Gasteiger partial charge in [-0.25, -0.2) is 0 Å². The number of aliphatic hydroxyl groups is 1. The maximum atomic E-state index is 9.38. The monoisotopic (exact) mass is 166 g/mol. The second-order valence-corrected chi connectivity index (χ2v) is 2.98. The summed E-state index contributed by atoms with van der Waals surface area (Å²) in [5, 5.41) is 9.38. The van der Waals surface area contributed by atoms with Gasteiger partial charge in [-0.3, -0.25) is 0 Å². The van der Waals surface area contributed by atoms with Crippen LogP contribution in [0.4, 0.5) is 0 Å². The molecule has 1 rings (SSSR count). The van der Waals surface area contributed by atoms with Gasteiger partial charge in [0.15, 0.2) is 0 Å². The third kappa shape index (κ3) is 2.55. The highest BCUT2D eigenvalue weighted by atomic mass is 16.3. The van der Waals surface area contributed by atoms with E-state index in [4.69, 9.17) is 4.42 Å². The van der Waals surface area contributed by atoms with Gasteiger partial charge in [0.1, 0.15) is 5.76 Å². The van der Waals surface area contributed by atoms with Crippen LogP contribution in [0.25, 0.3) is 0 Å². The summed E-state index contributed by atoms with van der Waals surface area (Å²) in [5.74, 6) is 0.912. The minimum absolute atomic E-state index is 0.407. The summed E-state index contributed by atoms with van der Waals surface area (Å²) < 4.78 is 5.12. The first-order valence-corrected chi connectivity index (χ1v) is 4.06. The van der Waals surface area contributed by atoms with E-state index >= 15 is 0 Å². The fourth-order valence-electron chi connectivity index (χ4n) is 0.980. The van der Waals surface area contributed by atoms with Crippen LogP contribution in [-0.4, -0.2) is 11.2 Å². The van der Waals surface area contributed by atoms with Crippen molar-refractivity contribution in [2.75, 3.05) is 0 Å². The van der Waals surface area contributed by atoms with Crippen molar-refractivity contribution in [1.82, 2.24) is 0 Å². The Balaban J connectivity index is 2.31. The third-order valence-corrected chi connectivity index (χ3v) is 1.81. The van der Waals surface area contributed by atoms with Gasteiger partial charge in [0.25, 0.3) is 0 Å². The Kier molecular flexibility index (Phi) is 3.11. The molecule has 0 aliphatic carbocycles. The molecule has 0 spiro atoms. The van der Waals surface area contributed by atoms with E-state index in [1.165, 1.54) is 0 Å². The standard InChI is InChI=1S/C10H14O2/c1-8(2)10(11)6-5-9-4-3-7-12-9/h3-4,7,10-11H,1,5-6H2,2H3. The Bertz CT molecular complexity index is 236. The van der Waals surface area contributed by atoms with Crippen LogP contribution in [0.5, 0.6) is 0 Å². The Morgan fingerprint density at radius 2 is 2.50 bits per heavy atom. The second-order valence-electron chi connectivity index (χ2n) is 2.98. The number of hydrogen-bond donors (Lipinski definition) is 1. The molecule has 0 fully saturated rings. The van der Waals surface area contributed by atoms with Gasteiger partial charge in [0, 0.05) is 6.42 Å². The van der Waals surface area contributed by atoms with Gasteiger partial charge in [0.2, 0.25) is 0 Å². The van der Waals surface area contributed by atoms with Crippen molar-refractivity contribution in [3.05, 3.63) is 36.3 Å². The minimum atomic E-state index is -0.407. The molecule has 1 unspecified atom stereocenters. The smallest absolute Gasteiger partial charge is 0.103 e. The average molecular weight is 166 g/mol. The molecule has 0 aliphatic heterocycles. The summed E-state index contributed by atoms with van der Waals surface area (Å²) >= 11 is 0. The topological polar surface area (TPSA) is 33.4 Å². The second kappa shape index (κ2) is 4.12. The van der Waals surface area contributed by atoms with E-state index in [-0.39, 0.29) is 0 Å². The zero-order valence-electron chi connectivity index (χ0n) is 7.29. The lowest BCUT2D eigenvalue weighted by atomic mass is 10.1. The van der Waals surface area contributed by atoms with Gasteiger partial charge in [-0.15, -0.1) is 0 Å². The first-order chi connectivity index (χ1) is 5.70. The molecule has 66 valence electrons. The molecule has 1 atom stereocenters. The van der Waals surface area contributed by atoms with Gasteiger partial charge < -0.3 is 9.52 Å². The fourth-order valence-corrected chi connectivity index (χ4v) is 0.980. The number of furan rings is 1. The van der Waals surface area contributed by atoms with E-state index in [0.717, 1.165) is 17.8 Å². The van der Waals surface area contributed by atoms with Gasteiger partial charge in [0.05, 0.1) is 12.4 Å². The first kappa shape index (κ1) is 9.07. The molecular weight excluding hydrogens is 152 g/mol. The summed E-state index contributed by atoms with van der Waals surface area (Å²) in [6, 6.07) is 3.76. The number of hydrogen-bond acceptors (Lipinski definition) is 2. The van der Waals surface area contributed by atoms with Crippen LogP contribution >= 0.6 is 0 Å². The maximum Gasteiger partial charge on any atom is 0.103 e. The highest BCUT2D eigenvalue weighted by Gasteiger charge is 2.05. The van der Waals surface area contributed by atoms with Crippen LogP contribution in [-0.2, 0) is 6.42 Å². The third-order valence-electron chi connectivity index (χ3n) is 1.81. The zero-order chi connectivity index (χ0) is 8.97. The Morgan fingerprint density at radius 1 is 1.75 bits per heavy atom. The molecule has 0 radical (unpaired) electrons. The van der Waals surface area contributed by atoms with Gasteiger partial charge in [-0.1, -0.05) is 12.2 Å². The van der Waals surface area contributed by atoms with E-state index in [9.17, 15) is 5.11 Å². The van der Waals surface area contributed by atoms with Crippen molar-refractivity contribution in [3.63, 3.8) is 0 Å². The predicted octanol–water partition coefficient (Wildman–Crippen LogP) is 2.15. The van der Waals surface area contributed by atoms with Crippen molar-refractivity contribution in [1.29, 1.82) is 0 Å². The summed E-state index contributed by atoms with van der Waals surface area (Å²) in [5.41, 5.74) is 0.807. The highest BCUT2D eigenvalue weighted by molar-refractivity contribution is 5.02. The van der Waals surface area contributed by atoms with Gasteiger partial charge in [-0.05, 0) is 25.5 Å². The van der Waals surface area contributed by atoms with Gasteiger partial charge in [-0.2, -0.15) is 0 Å². The number of rotatable bonds is 4. The van der Waals surface area contributed by atoms with Crippen LogP contribution in [0.15, 0.2) is 35.0 Å². The number of aliphatic hydroxyl groups excluding tert-OH is 1. The minimum Gasteiger partial charge on any atom is -0.469 e. The molecule has 1 N–H and O–H groups in total. The largest absolute Gasteiger partial charge is 0.469 e. The molecule has 1 aromatic rings. The highest BCUT2D eigenvalue weighted by Crippen LogP contribution is 2.09. The SMILES string of the molecule is C=C(C)C(O)CCc1ccco1. The molecule has 0 bridgehead atoms. The van der Waals surface area contributed by atoms with Crippen LogP contribution in [0.3, 0.4) is 0 Å². The zero-order valence-corrected chi connectivity index (χ0v) is 7.29. The molecule has 0 saturated heterocycles. The van der Waals surface area contributed by atoms with Gasteiger partial charge >= 0.3 is 0 Å². The van der Waals surface area contributed by atoms with Crippen LogP contribution < -0.4 is 0 Å². The molecule has 1 aromatic heterocycles. The van der Waals surface area contributed by atoms with Crippen LogP contribution in [0, 0.1) is 0 Å². The lowest BCUT2D eigenvalue weighted by molar-refractivity contribution is 0.198. The lowest BCUT2D eigenvalue weighted by Gasteiger charge is -2.07. The molecular formula is C10H14O2. The summed E-state index contributed by atoms with van der Waals surface area (Å²) in [7, 11) is 0.